The van der Waals surface area contributed by atoms with Gasteiger partial charge in [-0.25, -0.2) is 9.98 Å². The van der Waals surface area contributed by atoms with Crippen LogP contribution in [0.25, 0.3) is 0 Å². The number of nitrogens with zero attached hydrogens (tertiary/aromatic N) is 3. The molecule has 0 spiro atoms. The topological polar surface area (TPSA) is 78.9 Å². The van der Waals surface area contributed by atoms with Gasteiger partial charge >= 0.3 is 0 Å². The summed E-state index contributed by atoms with van der Waals surface area (Å²) in [6.45, 7) is 3.38. The van der Waals surface area contributed by atoms with Gasteiger partial charge in [0.25, 0.3) is 0 Å². The summed E-state index contributed by atoms with van der Waals surface area (Å²) in [6.07, 6.45) is 1.68. The minimum Gasteiger partial charge on any atom is -0.481 e. The third kappa shape index (κ3) is 6.11. The van der Waals surface area contributed by atoms with Crippen molar-refractivity contribution in [2.24, 2.45) is 4.99 Å². The van der Waals surface area contributed by atoms with Gasteiger partial charge in [0, 0.05) is 32.9 Å². The van der Waals surface area contributed by atoms with Gasteiger partial charge in [0.2, 0.25) is 11.8 Å². The third-order valence-electron chi connectivity index (χ3n) is 2.68. The number of pyridine rings is 1. The Labute approximate surface area is 125 Å². The summed E-state index contributed by atoms with van der Waals surface area (Å²) in [5.74, 6) is 1.15. The van der Waals surface area contributed by atoms with Gasteiger partial charge in [-0.05, 0) is 18.6 Å². The van der Waals surface area contributed by atoms with Crippen LogP contribution in [0.4, 0.5) is 0 Å². The SMILES string of the molecule is CCNC(=NCc1ccnc(OC)c1)NCC(=O)N(C)C. The van der Waals surface area contributed by atoms with Crippen LogP contribution in [0, 0.1) is 0 Å². The molecule has 0 aromatic carbocycles. The zero-order valence-corrected chi connectivity index (χ0v) is 13.0. The molecule has 0 unspecified atom stereocenters. The van der Waals surface area contributed by atoms with Gasteiger partial charge in [0.05, 0.1) is 20.2 Å². The van der Waals surface area contributed by atoms with Crippen LogP contribution in [0.2, 0.25) is 0 Å². The van der Waals surface area contributed by atoms with Gasteiger partial charge in [-0.15, -0.1) is 0 Å². The highest BCUT2D eigenvalue weighted by molar-refractivity contribution is 5.86. The van der Waals surface area contributed by atoms with Gasteiger partial charge in [0.15, 0.2) is 5.96 Å². The molecule has 1 aromatic heterocycles. The zero-order chi connectivity index (χ0) is 15.7. The predicted octanol–water partition coefficient (Wildman–Crippen LogP) is 0.234. The Balaban J connectivity index is 2.64. The first-order valence-electron chi connectivity index (χ1n) is 6.78. The van der Waals surface area contributed by atoms with Crippen molar-refractivity contribution in [3.8, 4) is 5.88 Å². The summed E-state index contributed by atoms with van der Waals surface area (Å²) in [5, 5.41) is 6.10. The minimum absolute atomic E-state index is 0.00816. The van der Waals surface area contributed by atoms with Crippen molar-refractivity contribution in [2.75, 3.05) is 34.3 Å². The fraction of sp³-hybridized carbons (Fsp3) is 0.500. The second kappa shape index (κ2) is 8.78. The number of rotatable bonds is 6. The number of likely N-dealkylation sites (N-methyl/N-ethyl adjacent to an activating group) is 1. The molecular weight excluding hydrogens is 270 g/mol. The van der Waals surface area contributed by atoms with Crippen molar-refractivity contribution in [3.05, 3.63) is 23.9 Å². The summed E-state index contributed by atoms with van der Waals surface area (Å²) in [5.41, 5.74) is 0.984. The van der Waals surface area contributed by atoms with E-state index in [-0.39, 0.29) is 12.5 Å². The normalized spacial score (nSPS) is 11.0. The molecule has 1 aromatic rings. The Hall–Kier alpha value is -2.31. The number of hydrogen-bond acceptors (Lipinski definition) is 4. The predicted molar refractivity (Wildman–Crippen MR) is 82.3 cm³/mol. The van der Waals surface area contributed by atoms with Crippen LogP contribution < -0.4 is 15.4 Å². The van der Waals surface area contributed by atoms with Gasteiger partial charge in [-0.2, -0.15) is 0 Å². The van der Waals surface area contributed by atoms with Gasteiger partial charge in [0.1, 0.15) is 0 Å². The lowest BCUT2D eigenvalue weighted by Gasteiger charge is -2.14. The summed E-state index contributed by atoms with van der Waals surface area (Å²) in [7, 11) is 5.02. The van der Waals surface area contributed by atoms with E-state index < -0.39 is 0 Å². The molecular formula is C14H23N5O2. The average molecular weight is 293 g/mol. The molecule has 0 saturated carbocycles. The lowest BCUT2D eigenvalue weighted by molar-refractivity contribution is -0.127. The lowest BCUT2D eigenvalue weighted by atomic mass is 10.3. The van der Waals surface area contributed by atoms with Crippen LogP contribution in [-0.2, 0) is 11.3 Å². The highest BCUT2D eigenvalue weighted by Crippen LogP contribution is 2.09. The van der Waals surface area contributed by atoms with Crippen LogP contribution in [0.15, 0.2) is 23.3 Å². The molecule has 0 aliphatic carbocycles. The van der Waals surface area contributed by atoms with E-state index >= 15 is 0 Å². The van der Waals surface area contributed by atoms with Gasteiger partial charge < -0.3 is 20.3 Å². The van der Waals surface area contributed by atoms with Crippen LogP contribution in [0.3, 0.4) is 0 Å². The monoisotopic (exact) mass is 293 g/mol. The molecule has 7 heteroatoms. The third-order valence-corrected chi connectivity index (χ3v) is 2.68. The average Bonchev–Trinajstić information content (AvgIpc) is 2.49. The number of aromatic nitrogens is 1. The quantitative estimate of drug-likeness (QED) is 0.580. The summed E-state index contributed by atoms with van der Waals surface area (Å²) < 4.78 is 5.07. The van der Waals surface area contributed by atoms with E-state index in [0.29, 0.717) is 18.4 Å². The van der Waals surface area contributed by atoms with Crippen molar-refractivity contribution >= 4 is 11.9 Å². The fourth-order valence-corrected chi connectivity index (χ4v) is 1.49. The van der Waals surface area contributed by atoms with E-state index in [2.05, 4.69) is 20.6 Å². The smallest absolute Gasteiger partial charge is 0.241 e. The number of aliphatic imine (C=N–C) groups is 1. The van der Waals surface area contributed by atoms with E-state index in [9.17, 15) is 4.79 Å². The molecule has 0 aliphatic rings. The van der Waals surface area contributed by atoms with Crippen molar-refractivity contribution in [2.45, 2.75) is 13.5 Å². The Morgan fingerprint density at radius 3 is 2.81 bits per heavy atom. The highest BCUT2D eigenvalue weighted by Gasteiger charge is 2.05. The first-order valence-corrected chi connectivity index (χ1v) is 6.78. The molecule has 2 N–H and O–H groups in total. The second-order valence-electron chi connectivity index (χ2n) is 4.54. The largest absolute Gasteiger partial charge is 0.481 e. The molecule has 1 amide bonds. The molecule has 21 heavy (non-hydrogen) atoms. The number of carbonyl (C=O) groups is 1. The molecule has 0 bridgehead atoms. The summed E-state index contributed by atoms with van der Waals surface area (Å²) in [4.78, 5) is 21.6. The standard InChI is InChI=1S/C14H23N5O2/c1-5-15-14(18-10-13(20)19(2)3)17-9-11-6-7-16-12(8-11)21-4/h6-8H,5,9-10H2,1-4H3,(H2,15,17,18). The number of methoxy groups -OCH3 is 1. The molecule has 1 heterocycles. The van der Waals surface area contributed by atoms with E-state index in [0.717, 1.165) is 12.1 Å². The first kappa shape index (κ1) is 16.7. The van der Waals surface area contributed by atoms with Crippen LogP contribution in [0.5, 0.6) is 5.88 Å². The highest BCUT2D eigenvalue weighted by atomic mass is 16.5. The van der Waals surface area contributed by atoms with E-state index in [1.807, 2.05) is 19.1 Å². The maximum Gasteiger partial charge on any atom is 0.241 e. The second-order valence-corrected chi connectivity index (χ2v) is 4.54. The molecule has 116 valence electrons. The number of ether oxygens (including phenoxy) is 1. The Morgan fingerprint density at radius 2 is 2.19 bits per heavy atom. The summed E-state index contributed by atoms with van der Waals surface area (Å²) in [6, 6.07) is 3.71. The number of nitrogens with one attached hydrogen (secondary N) is 2. The van der Waals surface area contributed by atoms with Gasteiger partial charge in [-0.1, -0.05) is 0 Å². The van der Waals surface area contributed by atoms with Crippen LogP contribution in [0.1, 0.15) is 12.5 Å². The van der Waals surface area contributed by atoms with E-state index in [1.165, 1.54) is 4.90 Å². The minimum atomic E-state index is -0.00816. The van der Waals surface area contributed by atoms with Crippen LogP contribution >= 0.6 is 0 Å². The molecule has 7 nitrogen and oxygen atoms in total. The number of amides is 1. The first-order chi connectivity index (χ1) is 10.1. The van der Waals surface area contributed by atoms with Crippen molar-refractivity contribution < 1.29 is 9.53 Å². The van der Waals surface area contributed by atoms with E-state index in [4.69, 9.17) is 4.74 Å². The van der Waals surface area contributed by atoms with Crippen molar-refractivity contribution in [1.82, 2.24) is 20.5 Å². The van der Waals surface area contributed by atoms with Crippen molar-refractivity contribution in [1.29, 1.82) is 0 Å². The van der Waals surface area contributed by atoms with Gasteiger partial charge in [-0.3, -0.25) is 4.79 Å². The Morgan fingerprint density at radius 1 is 1.43 bits per heavy atom. The molecule has 0 fully saturated rings. The lowest BCUT2D eigenvalue weighted by Crippen LogP contribution is -2.42. The number of guanidine groups is 1. The molecule has 0 atom stereocenters. The maximum absolute atomic E-state index is 11.6. The molecule has 0 radical (unpaired) electrons. The Bertz CT molecular complexity index is 488. The molecule has 0 saturated heterocycles. The van der Waals surface area contributed by atoms with E-state index in [1.54, 1.807) is 27.4 Å². The maximum atomic E-state index is 11.6. The molecule has 0 aliphatic heterocycles. The zero-order valence-electron chi connectivity index (χ0n) is 13.0. The van der Waals surface area contributed by atoms with Crippen LogP contribution in [-0.4, -0.2) is 56.0 Å². The van der Waals surface area contributed by atoms with Crippen molar-refractivity contribution in [3.63, 3.8) is 0 Å². The number of hydrogen-bond donors (Lipinski definition) is 2. The molecule has 1 rings (SSSR count). The Kier molecular flexibility index (Phi) is 7.00. The summed E-state index contributed by atoms with van der Waals surface area (Å²) >= 11 is 0. The number of carbonyl (C=O) groups excluding carboxylic acids is 1. The fourth-order valence-electron chi connectivity index (χ4n) is 1.49.